The zero-order valence-electron chi connectivity index (χ0n) is 10.9. The molecule has 18 heavy (non-hydrogen) atoms. The van der Waals surface area contributed by atoms with Crippen molar-refractivity contribution >= 4 is 16.6 Å². The largest absolute Gasteiger partial charge is 0.497 e. The molecule has 96 valence electrons. The first-order valence-corrected chi connectivity index (χ1v) is 6.41. The molecule has 2 aromatic rings. The molecule has 0 aliphatic carbocycles. The van der Waals surface area contributed by atoms with Crippen LogP contribution < -0.4 is 15.0 Å². The van der Waals surface area contributed by atoms with Crippen LogP contribution in [0, 0.1) is 6.92 Å². The highest BCUT2D eigenvalue weighted by Crippen LogP contribution is 2.32. The molecule has 1 fully saturated rings. The smallest absolute Gasteiger partial charge is 0.120 e. The Bertz CT molecular complexity index is 555. The zero-order chi connectivity index (χ0) is 12.5. The fraction of sp³-hybridized carbons (Fsp3) is 0.429. The van der Waals surface area contributed by atoms with Gasteiger partial charge in [0, 0.05) is 43.3 Å². The summed E-state index contributed by atoms with van der Waals surface area (Å²) in [6, 6.07) is 6.24. The molecular formula is C14H19N3O. The maximum atomic E-state index is 5.27. The lowest BCUT2D eigenvalue weighted by Crippen LogP contribution is -2.43. The predicted molar refractivity (Wildman–Crippen MR) is 74.7 cm³/mol. The SMILES string of the molecule is COc1ccc2c(N3CCNCC3)c(C)[nH]c2c1. The summed E-state index contributed by atoms with van der Waals surface area (Å²) < 4.78 is 5.27. The molecule has 2 N–H and O–H groups in total. The molecule has 1 aromatic carbocycles. The normalized spacial score (nSPS) is 16.2. The molecule has 0 unspecified atom stereocenters. The van der Waals surface area contributed by atoms with Crippen LogP contribution in [0.3, 0.4) is 0 Å². The summed E-state index contributed by atoms with van der Waals surface area (Å²) in [6.07, 6.45) is 0. The van der Waals surface area contributed by atoms with E-state index in [1.165, 1.54) is 16.8 Å². The van der Waals surface area contributed by atoms with Gasteiger partial charge in [-0.15, -0.1) is 0 Å². The van der Waals surface area contributed by atoms with Crippen molar-refractivity contribution in [3.63, 3.8) is 0 Å². The van der Waals surface area contributed by atoms with Crippen molar-refractivity contribution in [2.45, 2.75) is 6.92 Å². The van der Waals surface area contributed by atoms with E-state index in [1.807, 2.05) is 6.07 Å². The molecule has 1 saturated heterocycles. The summed E-state index contributed by atoms with van der Waals surface area (Å²) in [5.41, 5.74) is 3.73. The van der Waals surface area contributed by atoms with Crippen LogP contribution in [-0.2, 0) is 0 Å². The van der Waals surface area contributed by atoms with E-state index in [2.05, 4.69) is 34.3 Å². The number of anilines is 1. The first kappa shape index (κ1) is 11.4. The monoisotopic (exact) mass is 245 g/mol. The quantitative estimate of drug-likeness (QED) is 0.849. The third kappa shape index (κ3) is 1.82. The number of rotatable bonds is 2. The third-order valence-corrected chi connectivity index (χ3v) is 3.59. The molecular weight excluding hydrogens is 226 g/mol. The first-order valence-electron chi connectivity index (χ1n) is 6.41. The van der Waals surface area contributed by atoms with Crippen LogP contribution >= 0.6 is 0 Å². The van der Waals surface area contributed by atoms with Gasteiger partial charge in [-0.1, -0.05) is 0 Å². The Labute approximate surface area is 107 Å². The molecule has 0 atom stereocenters. The number of aromatic nitrogens is 1. The minimum Gasteiger partial charge on any atom is -0.497 e. The van der Waals surface area contributed by atoms with Gasteiger partial charge in [0.05, 0.1) is 18.3 Å². The Morgan fingerprint density at radius 2 is 2.00 bits per heavy atom. The van der Waals surface area contributed by atoms with E-state index in [0.717, 1.165) is 37.4 Å². The number of nitrogens with one attached hydrogen (secondary N) is 2. The lowest BCUT2D eigenvalue weighted by molar-refractivity contribution is 0.415. The van der Waals surface area contributed by atoms with Gasteiger partial charge in [-0.2, -0.15) is 0 Å². The van der Waals surface area contributed by atoms with Crippen molar-refractivity contribution < 1.29 is 4.74 Å². The fourth-order valence-electron chi connectivity index (χ4n) is 2.72. The predicted octanol–water partition coefficient (Wildman–Crippen LogP) is 1.89. The minimum atomic E-state index is 0.899. The molecule has 0 saturated carbocycles. The van der Waals surface area contributed by atoms with E-state index < -0.39 is 0 Å². The maximum Gasteiger partial charge on any atom is 0.120 e. The van der Waals surface area contributed by atoms with Gasteiger partial charge >= 0.3 is 0 Å². The Hall–Kier alpha value is -1.68. The van der Waals surface area contributed by atoms with E-state index in [9.17, 15) is 0 Å². The van der Waals surface area contributed by atoms with Crippen LogP contribution in [-0.4, -0.2) is 38.3 Å². The summed E-state index contributed by atoms with van der Waals surface area (Å²) in [7, 11) is 1.70. The van der Waals surface area contributed by atoms with Crippen LogP contribution in [0.2, 0.25) is 0 Å². The molecule has 2 heterocycles. The molecule has 4 heteroatoms. The Morgan fingerprint density at radius 1 is 1.22 bits per heavy atom. The second kappa shape index (κ2) is 4.53. The molecule has 1 aliphatic heterocycles. The van der Waals surface area contributed by atoms with Gasteiger partial charge < -0.3 is 19.9 Å². The minimum absolute atomic E-state index is 0.899. The average Bonchev–Trinajstić information content (AvgIpc) is 2.74. The van der Waals surface area contributed by atoms with E-state index in [-0.39, 0.29) is 0 Å². The lowest BCUT2D eigenvalue weighted by atomic mass is 10.2. The number of ether oxygens (including phenoxy) is 1. The maximum absolute atomic E-state index is 5.27. The number of methoxy groups -OCH3 is 1. The summed E-state index contributed by atoms with van der Waals surface area (Å²) >= 11 is 0. The van der Waals surface area contributed by atoms with Gasteiger partial charge in [0.25, 0.3) is 0 Å². The number of piperazine rings is 1. The zero-order valence-corrected chi connectivity index (χ0v) is 10.9. The van der Waals surface area contributed by atoms with Crippen LogP contribution in [0.4, 0.5) is 5.69 Å². The third-order valence-electron chi connectivity index (χ3n) is 3.59. The van der Waals surface area contributed by atoms with Gasteiger partial charge in [0.1, 0.15) is 5.75 Å². The van der Waals surface area contributed by atoms with Crippen LogP contribution in [0.25, 0.3) is 10.9 Å². The Kier molecular flexibility index (Phi) is 2.88. The molecule has 3 rings (SSSR count). The van der Waals surface area contributed by atoms with Gasteiger partial charge in [-0.3, -0.25) is 0 Å². The van der Waals surface area contributed by atoms with Crippen molar-refractivity contribution in [3.8, 4) is 5.75 Å². The standard InChI is InChI=1S/C14H19N3O/c1-10-14(17-7-5-15-6-8-17)12-4-3-11(18-2)9-13(12)16-10/h3-4,9,15-16H,5-8H2,1-2H3. The van der Waals surface area contributed by atoms with Gasteiger partial charge in [0.15, 0.2) is 0 Å². The van der Waals surface area contributed by atoms with Crippen molar-refractivity contribution in [2.75, 3.05) is 38.2 Å². The lowest BCUT2D eigenvalue weighted by Gasteiger charge is -2.29. The molecule has 0 spiro atoms. The van der Waals surface area contributed by atoms with Crippen LogP contribution in [0.1, 0.15) is 5.69 Å². The van der Waals surface area contributed by atoms with E-state index in [1.54, 1.807) is 7.11 Å². The van der Waals surface area contributed by atoms with Crippen LogP contribution in [0.15, 0.2) is 18.2 Å². The van der Waals surface area contributed by atoms with Crippen molar-refractivity contribution in [1.29, 1.82) is 0 Å². The average molecular weight is 245 g/mol. The number of hydrogen-bond acceptors (Lipinski definition) is 3. The summed E-state index contributed by atoms with van der Waals surface area (Å²) in [5.74, 6) is 0.899. The van der Waals surface area contributed by atoms with E-state index in [4.69, 9.17) is 4.74 Å². The van der Waals surface area contributed by atoms with Crippen molar-refractivity contribution in [2.24, 2.45) is 0 Å². The molecule has 0 amide bonds. The number of aryl methyl sites for hydroxylation is 1. The molecule has 1 aromatic heterocycles. The first-order chi connectivity index (χ1) is 8.79. The summed E-state index contributed by atoms with van der Waals surface area (Å²) in [6.45, 7) is 6.40. The number of hydrogen-bond donors (Lipinski definition) is 2. The van der Waals surface area contributed by atoms with Gasteiger partial charge in [-0.25, -0.2) is 0 Å². The molecule has 4 nitrogen and oxygen atoms in total. The number of nitrogens with zero attached hydrogens (tertiary/aromatic N) is 1. The molecule has 0 bridgehead atoms. The number of benzene rings is 1. The number of H-pyrrole nitrogens is 1. The van der Waals surface area contributed by atoms with Crippen molar-refractivity contribution in [1.82, 2.24) is 10.3 Å². The van der Waals surface area contributed by atoms with E-state index in [0.29, 0.717) is 0 Å². The highest BCUT2D eigenvalue weighted by atomic mass is 16.5. The fourth-order valence-corrected chi connectivity index (χ4v) is 2.72. The van der Waals surface area contributed by atoms with Crippen molar-refractivity contribution in [3.05, 3.63) is 23.9 Å². The van der Waals surface area contributed by atoms with Crippen LogP contribution in [0.5, 0.6) is 5.75 Å². The molecule has 1 aliphatic rings. The highest BCUT2D eigenvalue weighted by Gasteiger charge is 2.17. The van der Waals surface area contributed by atoms with E-state index >= 15 is 0 Å². The number of aromatic amines is 1. The van der Waals surface area contributed by atoms with Gasteiger partial charge in [-0.05, 0) is 19.1 Å². The van der Waals surface area contributed by atoms with Gasteiger partial charge in [0.2, 0.25) is 0 Å². The summed E-state index contributed by atoms with van der Waals surface area (Å²) in [4.78, 5) is 5.91. The topological polar surface area (TPSA) is 40.3 Å². The highest BCUT2D eigenvalue weighted by molar-refractivity contribution is 5.95. The second-order valence-corrected chi connectivity index (χ2v) is 4.75. The second-order valence-electron chi connectivity index (χ2n) is 4.75. The Balaban J connectivity index is 2.07. The number of fused-ring (bicyclic) bond motifs is 1. The summed E-state index contributed by atoms with van der Waals surface area (Å²) in [5, 5.41) is 4.68. The Morgan fingerprint density at radius 3 is 2.72 bits per heavy atom. The molecule has 0 radical (unpaired) electrons.